The highest BCUT2D eigenvalue weighted by Gasteiger charge is 2.78. The normalized spacial score (nSPS) is 17.8. The number of hydrogen-bond donors (Lipinski definition) is 5. The highest BCUT2D eigenvalue weighted by Crippen LogP contribution is 2.70. The van der Waals surface area contributed by atoms with E-state index in [2.05, 4.69) is 56.4 Å². The van der Waals surface area contributed by atoms with Crippen molar-refractivity contribution < 1.29 is 84.6 Å². The molecular formula is C67H91F3N14O15. The van der Waals surface area contributed by atoms with Crippen LogP contribution >= 0.6 is 0 Å². The number of esters is 1. The highest BCUT2D eigenvalue weighted by atomic mass is 19.3. The van der Waals surface area contributed by atoms with E-state index in [1.807, 2.05) is 21.7 Å². The molecule has 0 bridgehead atoms. The first-order valence-electron chi connectivity index (χ1n) is 33.9. The fourth-order valence-electron chi connectivity index (χ4n) is 12.9. The Balaban J connectivity index is 0.469. The van der Waals surface area contributed by atoms with Crippen LogP contribution in [-0.2, 0) is 92.5 Å². The van der Waals surface area contributed by atoms with Gasteiger partial charge in [-0.2, -0.15) is 20.4 Å². The minimum Gasteiger partial charge on any atom is -0.468 e. The lowest BCUT2D eigenvalue weighted by Crippen LogP contribution is -2.42. The molecule has 540 valence electrons. The molecule has 3 fully saturated rings. The van der Waals surface area contributed by atoms with Gasteiger partial charge < -0.3 is 68.8 Å². The van der Waals surface area contributed by atoms with Crippen LogP contribution in [0.3, 0.4) is 0 Å². The van der Waals surface area contributed by atoms with Gasteiger partial charge >= 0.3 is 5.97 Å². The number of likely N-dealkylation sites (tertiary alicyclic amines) is 2. The van der Waals surface area contributed by atoms with Gasteiger partial charge in [-0.25, -0.2) is 13.2 Å². The first kappa shape index (κ1) is 73.8. The zero-order valence-electron chi connectivity index (χ0n) is 56.5. The highest BCUT2D eigenvalue weighted by molar-refractivity contribution is 6.04. The Morgan fingerprint density at radius 1 is 0.677 bits per heavy atom. The molecule has 4 aliphatic rings. The van der Waals surface area contributed by atoms with Crippen LogP contribution in [-0.4, -0.2) is 256 Å². The zero-order valence-corrected chi connectivity index (χ0v) is 56.5. The third-order valence-electron chi connectivity index (χ3n) is 18.6. The number of carbonyl (C=O) groups excluding carboxylic acids is 6. The number of rotatable bonds is 41. The number of aryl methyl sites for hydroxylation is 1. The van der Waals surface area contributed by atoms with Crippen LogP contribution in [0.4, 0.5) is 18.9 Å². The van der Waals surface area contributed by atoms with Gasteiger partial charge in [0.05, 0.1) is 173 Å². The number of H-pyrrole nitrogens is 1. The summed E-state index contributed by atoms with van der Waals surface area (Å²) in [6, 6.07) is 8.76. The van der Waals surface area contributed by atoms with Crippen molar-refractivity contribution >= 4 is 63.0 Å². The molecular weight excluding hydrogens is 1300 g/mol. The topological polar surface area (TPSA) is 322 Å². The van der Waals surface area contributed by atoms with E-state index in [0.717, 1.165) is 31.4 Å². The second-order valence-corrected chi connectivity index (χ2v) is 25.3. The maximum Gasteiger partial charge on any atom is 0.325 e. The van der Waals surface area contributed by atoms with Gasteiger partial charge in [0, 0.05) is 77.7 Å². The van der Waals surface area contributed by atoms with Gasteiger partial charge in [0.15, 0.2) is 5.69 Å². The fourth-order valence-corrected chi connectivity index (χ4v) is 12.9. The number of carbonyl (C=O) groups is 6. The van der Waals surface area contributed by atoms with E-state index in [1.54, 1.807) is 49.3 Å². The summed E-state index contributed by atoms with van der Waals surface area (Å²) in [4.78, 5) is 78.9. The van der Waals surface area contributed by atoms with Gasteiger partial charge in [0.2, 0.25) is 23.6 Å². The number of aromatic amines is 1. The summed E-state index contributed by atoms with van der Waals surface area (Å²) < 4.78 is 99.0. The van der Waals surface area contributed by atoms with Crippen molar-refractivity contribution in [2.75, 3.05) is 170 Å². The molecule has 2 aromatic carbocycles. The Kier molecular flexibility index (Phi) is 26.7. The number of ether oxygens (including phenoxy) is 9. The molecule has 5 N–H and O–H groups in total. The zero-order chi connectivity index (χ0) is 69.7. The third-order valence-corrected chi connectivity index (χ3v) is 18.6. The molecule has 0 radical (unpaired) electrons. The average Bonchev–Trinajstić information content (AvgIpc) is 1.51. The monoisotopic (exact) mass is 1390 g/mol. The summed E-state index contributed by atoms with van der Waals surface area (Å²) in [6.45, 7) is 12.9. The first-order chi connectivity index (χ1) is 48.0. The largest absolute Gasteiger partial charge is 0.468 e. The number of halogens is 3. The van der Waals surface area contributed by atoms with Crippen molar-refractivity contribution in [1.29, 1.82) is 0 Å². The molecule has 2 atom stereocenters. The molecule has 6 heterocycles. The molecule has 2 aliphatic heterocycles. The average molecular weight is 1390 g/mol. The Morgan fingerprint density at radius 3 is 1.94 bits per heavy atom. The molecule has 2 aliphatic carbocycles. The minimum atomic E-state index is -2.74. The lowest BCUT2D eigenvalue weighted by Gasteiger charge is -2.32. The van der Waals surface area contributed by atoms with E-state index in [9.17, 15) is 37.5 Å². The van der Waals surface area contributed by atoms with E-state index in [1.165, 1.54) is 17.9 Å². The van der Waals surface area contributed by atoms with Crippen LogP contribution in [0.1, 0.15) is 72.5 Å². The van der Waals surface area contributed by atoms with Crippen molar-refractivity contribution in [3.05, 3.63) is 77.4 Å². The first-order valence-corrected chi connectivity index (χ1v) is 33.9. The number of benzene rings is 2. The second kappa shape index (κ2) is 35.9. The van der Waals surface area contributed by atoms with Crippen LogP contribution in [0.15, 0.2) is 48.9 Å². The van der Waals surface area contributed by atoms with E-state index in [-0.39, 0.29) is 62.4 Å². The molecule has 4 aromatic heterocycles. The summed E-state index contributed by atoms with van der Waals surface area (Å²) >= 11 is 0. The molecule has 29 nitrogen and oxygen atoms in total. The Morgan fingerprint density at radius 2 is 1.29 bits per heavy atom. The number of anilines is 1. The van der Waals surface area contributed by atoms with Crippen molar-refractivity contribution in [2.45, 2.75) is 83.8 Å². The van der Waals surface area contributed by atoms with Gasteiger partial charge in [-0.05, 0) is 81.8 Å². The predicted octanol–water partition coefficient (Wildman–Crippen LogP) is 3.66. The Labute approximate surface area is 571 Å². The van der Waals surface area contributed by atoms with Crippen molar-refractivity contribution in [3.63, 3.8) is 0 Å². The summed E-state index contributed by atoms with van der Waals surface area (Å²) in [5.41, 5.74) is 3.71. The number of methoxy groups -OCH3 is 1. The molecule has 99 heavy (non-hydrogen) atoms. The number of amides is 5. The lowest BCUT2D eigenvalue weighted by molar-refractivity contribution is -0.141. The molecule has 10 rings (SSSR count). The summed E-state index contributed by atoms with van der Waals surface area (Å²) in [7, 11) is 1.21. The predicted molar refractivity (Wildman–Crippen MR) is 352 cm³/mol. The van der Waals surface area contributed by atoms with Gasteiger partial charge in [-0.15, -0.1) is 0 Å². The maximum absolute atomic E-state index is 15.9. The smallest absolute Gasteiger partial charge is 0.325 e. The van der Waals surface area contributed by atoms with E-state index in [4.69, 9.17) is 37.9 Å². The van der Waals surface area contributed by atoms with E-state index >= 15 is 4.39 Å². The standard InChI is InChI=1S/C67H91F3N14O15/c1-45-63-50(5-4-6-55(63)84(79-45)44-60(87)72-39-58(85)73-40-62(89)91-3)51-34-56-47(33-53(51)68)37-74-83(56)41-46-7-13-80(14-8-46)43-59(86)71-12-18-93-20-22-95-24-26-97-28-30-99-32-31-98-29-27-96-25-23-94-21-19-92-17-11-61(88)81-15-9-49(10-16-81)82-42-48(38-75-82)76-65(90)64-52-35-57-66(2,67(57,69)70)36-54(52)77-78-64/h4-6,33-34,37-38,42,46,49,57H,7-32,35-36,39-41,43-44H2,1-3H3,(H,71,86)(H,72,87)(H,73,85)(H,76,90)(H,77,78)/t57-,66+/m1/s1. The molecule has 6 aromatic rings. The van der Waals surface area contributed by atoms with E-state index in [0.29, 0.717) is 207 Å². The van der Waals surface area contributed by atoms with Crippen molar-refractivity contribution in [2.24, 2.45) is 17.3 Å². The minimum absolute atomic E-state index is 0.0223. The number of hydrogen-bond acceptors (Lipinski definition) is 20. The van der Waals surface area contributed by atoms with Gasteiger partial charge in [-0.3, -0.25) is 52.8 Å². The van der Waals surface area contributed by atoms with Crippen LogP contribution in [0.2, 0.25) is 0 Å². The molecule has 1 saturated carbocycles. The van der Waals surface area contributed by atoms with Gasteiger partial charge in [-0.1, -0.05) is 19.1 Å². The third kappa shape index (κ3) is 20.0. The van der Waals surface area contributed by atoms with Crippen LogP contribution < -0.4 is 21.3 Å². The molecule has 0 unspecified atom stereocenters. The van der Waals surface area contributed by atoms with Crippen LogP contribution in [0.25, 0.3) is 32.9 Å². The van der Waals surface area contributed by atoms with Gasteiger partial charge in [0.25, 0.3) is 11.8 Å². The number of nitrogens with zero attached hydrogens (tertiary/aromatic N) is 9. The van der Waals surface area contributed by atoms with Crippen molar-refractivity contribution in [1.82, 2.24) is 65.3 Å². The van der Waals surface area contributed by atoms with Crippen molar-refractivity contribution in [3.8, 4) is 11.1 Å². The number of alkyl halides is 2. The Bertz CT molecular complexity index is 3680. The number of piperidine rings is 2. The van der Waals surface area contributed by atoms with Crippen LogP contribution in [0, 0.1) is 30.0 Å². The molecule has 2 saturated heterocycles. The molecule has 5 amide bonds. The number of nitrogens with one attached hydrogen (secondary N) is 5. The fraction of sp³-hybridized carbons (Fsp3) is 0.612. The number of aromatic nitrogens is 8. The van der Waals surface area contributed by atoms with Gasteiger partial charge in [0.1, 0.15) is 18.9 Å². The Hall–Kier alpha value is -7.95. The lowest BCUT2D eigenvalue weighted by atomic mass is 9.87. The quantitative estimate of drug-likeness (QED) is 0.0270. The second-order valence-electron chi connectivity index (χ2n) is 25.3. The SMILES string of the molecule is COC(=O)CNC(=O)CNC(=O)Cn1nc(C)c2c(-c3cc4c(cnn4CC4CCN(CC(=O)NCCOCCOCCOCCOCCOCCOCCOCCOCCC(=O)N5CCC(n6cc(NC(=O)c7n[nH]c8c7C[C@H]7C(F)(F)[C@@]7(C)C8)cn6)CC5)CC4)cc3F)cccc21. The molecule has 32 heteroatoms. The molecule has 0 spiro atoms. The van der Waals surface area contributed by atoms with E-state index < -0.39 is 46.8 Å². The van der Waals surface area contributed by atoms with Crippen LogP contribution in [0.5, 0.6) is 0 Å². The summed E-state index contributed by atoms with van der Waals surface area (Å²) in [5, 5.41) is 32.6. The number of fused-ring (bicyclic) bond motifs is 4. The summed E-state index contributed by atoms with van der Waals surface area (Å²) in [5.74, 6) is -5.78. The maximum atomic E-state index is 15.9. The summed E-state index contributed by atoms with van der Waals surface area (Å²) in [6.07, 6.45) is 8.66.